The minimum atomic E-state index is -4.11. The Morgan fingerprint density at radius 1 is 1.06 bits per heavy atom. The fourth-order valence-electron chi connectivity index (χ4n) is 2.54. The van der Waals surface area contributed by atoms with Crippen molar-refractivity contribution < 1.29 is 32.3 Å². The van der Waals surface area contributed by atoms with E-state index in [-0.39, 0.29) is 39.5 Å². The van der Waals surface area contributed by atoms with Crippen LogP contribution < -0.4 is 23.8 Å². The van der Waals surface area contributed by atoms with E-state index in [1.807, 2.05) is 4.83 Å². The number of nitrogens with one attached hydrogen (secondary N) is 1. The van der Waals surface area contributed by atoms with Crippen LogP contribution >= 0.6 is 0 Å². The maximum atomic E-state index is 12.6. The number of sulfonamides is 1. The van der Waals surface area contributed by atoms with E-state index in [2.05, 4.69) is 5.10 Å². The summed E-state index contributed by atoms with van der Waals surface area (Å²) in [5, 5.41) is 15.2. The Hall–Kier alpha value is -3.54. The summed E-state index contributed by atoms with van der Waals surface area (Å²) < 4.78 is 46.1. The lowest BCUT2D eigenvalue weighted by Crippen LogP contribution is -2.19. The largest absolute Gasteiger partial charge is 0.497 e. The van der Waals surface area contributed by atoms with Gasteiger partial charge in [0.1, 0.15) is 16.4 Å². The average Bonchev–Trinajstić information content (AvgIpc) is 2.73. The summed E-state index contributed by atoms with van der Waals surface area (Å²) >= 11 is 0. The zero-order valence-corrected chi connectivity index (χ0v) is 18.4. The third-order valence-electron chi connectivity index (χ3n) is 3.87. The fraction of sp³-hybridized carbons (Fsp3) is 0.316. The second-order valence-electron chi connectivity index (χ2n) is 6.36. The summed E-state index contributed by atoms with van der Waals surface area (Å²) in [5.74, 6) is 0.491. The molecule has 31 heavy (non-hydrogen) atoms. The molecule has 12 heteroatoms. The molecule has 2 aromatic rings. The number of ether oxygens (including phenoxy) is 4. The standard InChI is InChI=1S/C19H23N3O8S/c1-12(2)30-19-15(22(23)24)8-13(9-17(19)29-5)11-20-21-31(25,26)18-10-14(27-3)6-7-16(18)28-4/h6-12,21H,1-5H3/b20-11+. The van der Waals surface area contributed by atoms with Gasteiger partial charge >= 0.3 is 5.69 Å². The molecule has 0 amide bonds. The molecule has 0 saturated heterocycles. The van der Waals surface area contributed by atoms with Gasteiger partial charge in [-0.25, -0.2) is 0 Å². The Morgan fingerprint density at radius 2 is 1.74 bits per heavy atom. The van der Waals surface area contributed by atoms with E-state index >= 15 is 0 Å². The first kappa shape index (κ1) is 23.7. The maximum Gasteiger partial charge on any atom is 0.315 e. The van der Waals surface area contributed by atoms with Gasteiger partial charge in [-0.3, -0.25) is 10.1 Å². The summed E-state index contributed by atoms with van der Waals surface area (Å²) in [6, 6.07) is 6.91. The molecule has 0 aliphatic heterocycles. The summed E-state index contributed by atoms with van der Waals surface area (Å²) in [5.41, 5.74) is -0.119. The molecule has 11 nitrogen and oxygen atoms in total. The molecule has 1 N–H and O–H groups in total. The number of rotatable bonds is 10. The highest BCUT2D eigenvalue weighted by Crippen LogP contribution is 2.38. The lowest BCUT2D eigenvalue weighted by molar-refractivity contribution is -0.386. The molecule has 0 heterocycles. The zero-order valence-electron chi connectivity index (χ0n) is 17.6. The van der Waals surface area contributed by atoms with Crippen LogP contribution in [0, 0.1) is 10.1 Å². The molecule has 0 spiro atoms. The first-order valence-corrected chi connectivity index (χ1v) is 10.4. The Bertz CT molecular complexity index is 1080. The van der Waals surface area contributed by atoms with Crippen molar-refractivity contribution in [1.29, 1.82) is 0 Å². The van der Waals surface area contributed by atoms with Gasteiger partial charge in [0.2, 0.25) is 5.75 Å². The molecule has 0 atom stereocenters. The van der Waals surface area contributed by atoms with Crippen molar-refractivity contribution in [2.45, 2.75) is 24.8 Å². The normalized spacial score (nSPS) is 11.4. The van der Waals surface area contributed by atoms with Crippen molar-refractivity contribution in [3.8, 4) is 23.0 Å². The Morgan fingerprint density at radius 3 is 2.29 bits per heavy atom. The quantitative estimate of drug-likeness (QED) is 0.329. The molecule has 2 rings (SSSR count). The number of benzene rings is 2. The predicted molar refractivity (Wildman–Crippen MR) is 113 cm³/mol. The van der Waals surface area contributed by atoms with Gasteiger partial charge in [-0.05, 0) is 32.0 Å². The van der Waals surface area contributed by atoms with Gasteiger partial charge in [-0.15, -0.1) is 0 Å². The smallest absolute Gasteiger partial charge is 0.315 e. The lowest BCUT2D eigenvalue weighted by atomic mass is 10.2. The molecular weight excluding hydrogens is 430 g/mol. The molecule has 0 fully saturated rings. The van der Waals surface area contributed by atoms with Crippen LogP contribution in [0.3, 0.4) is 0 Å². The average molecular weight is 453 g/mol. The molecule has 168 valence electrons. The van der Waals surface area contributed by atoms with E-state index in [0.717, 1.165) is 6.21 Å². The Labute approximate surface area is 179 Å². The highest BCUT2D eigenvalue weighted by molar-refractivity contribution is 7.89. The van der Waals surface area contributed by atoms with Gasteiger partial charge in [-0.1, -0.05) is 0 Å². The van der Waals surface area contributed by atoms with E-state index in [1.54, 1.807) is 19.9 Å². The molecule has 0 bridgehead atoms. The number of nitro groups is 1. The van der Waals surface area contributed by atoms with Crippen LogP contribution in [0.1, 0.15) is 19.4 Å². The van der Waals surface area contributed by atoms with Crippen LogP contribution in [0.25, 0.3) is 0 Å². The third-order valence-corrected chi connectivity index (χ3v) is 5.12. The van der Waals surface area contributed by atoms with Crippen molar-refractivity contribution in [2.24, 2.45) is 5.10 Å². The van der Waals surface area contributed by atoms with Crippen LogP contribution in [0.15, 0.2) is 40.3 Å². The number of nitrogens with zero attached hydrogens (tertiary/aromatic N) is 2. The van der Waals surface area contributed by atoms with Crippen LogP contribution in [-0.2, 0) is 10.0 Å². The minimum absolute atomic E-state index is 0.0265. The number of methoxy groups -OCH3 is 3. The summed E-state index contributed by atoms with van der Waals surface area (Å²) in [6.45, 7) is 3.44. The molecule has 2 aromatic carbocycles. The third kappa shape index (κ3) is 5.75. The highest BCUT2D eigenvalue weighted by atomic mass is 32.2. The van der Waals surface area contributed by atoms with Crippen molar-refractivity contribution in [3.63, 3.8) is 0 Å². The van der Waals surface area contributed by atoms with Gasteiger partial charge in [0.25, 0.3) is 10.0 Å². The predicted octanol–water partition coefficient (Wildman–Crippen LogP) is 2.72. The van der Waals surface area contributed by atoms with Crippen molar-refractivity contribution in [1.82, 2.24) is 4.83 Å². The van der Waals surface area contributed by atoms with Crippen molar-refractivity contribution in [3.05, 3.63) is 46.0 Å². The second-order valence-corrected chi connectivity index (χ2v) is 7.99. The van der Waals surface area contributed by atoms with Gasteiger partial charge in [0.05, 0.1) is 38.6 Å². The zero-order chi connectivity index (χ0) is 23.2. The fourth-order valence-corrected chi connectivity index (χ4v) is 3.51. The number of hydrazone groups is 1. The SMILES string of the molecule is COc1ccc(OC)c(S(=O)(=O)N/N=C/c2cc(OC)c(OC(C)C)c([N+](=O)[O-])c2)c1. The minimum Gasteiger partial charge on any atom is -0.497 e. The number of nitro benzene ring substituents is 1. The highest BCUT2D eigenvalue weighted by Gasteiger charge is 2.23. The van der Waals surface area contributed by atoms with Gasteiger partial charge < -0.3 is 18.9 Å². The topological polar surface area (TPSA) is 139 Å². The molecule has 0 aliphatic carbocycles. The van der Waals surface area contributed by atoms with E-state index in [9.17, 15) is 18.5 Å². The first-order valence-electron chi connectivity index (χ1n) is 8.93. The first-order chi connectivity index (χ1) is 14.6. The van der Waals surface area contributed by atoms with Crippen molar-refractivity contribution in [2.75, 3.05) is 21.3 Å². The van der Waals surface area contributed by atoms with Crippen LogP contribution in [-0.4, -0.2) is 47.0 Å². The lowest BCUT2D eigenvalue weighted by Gasteiger charge is -2.14. The molecule has 0 aromatic heterocycles. The number of hydrogen-bond acceptors (Lipinski definition) is 9. The van der Waals surface area contributed by atoms with Gasteiger partial charge in [-0.2, -0.15) is 18.4 Å². The Balaban J connectivity index is 2.38. The molecule has 0 radical (unpaired) electrons. The maximum absolute atomic E-state index is 12.6. The van der Waals surface area contributed by atoms with E-state index in [4.69, 9.17) is 18.9 Å². The van der Waals surface area contributed by atoms with E-state index in [0.29, 0.717) is 5.75 Å². The van der Waals surface area contributed by atoms with Crippen molar-refractivity contribution >= 4 is 21.9 Å². The van der Waals surface area contributed by atoms with Gasteiger partial charge in [0.15, 0.2) is 5.75 Å². The van der Waals surface area contributed by atoms with Crippen LogP contribution in [0.2, 0.25) is 0 Å². The summed E-state index contributed by atoms with van der Waals surface area (Å²) in [6.07, 6.45) is 0.788. The van der Waals surface area contributed by atoms with E-state index in [1.165, 1.54) is 45.6 Å². The summed E-state index contributed by atoms with van der Waals surface area (Å²) in [7, 11) is -0.0473. The van der Waals surface area contributed by atoms with Crippen LogP contribution in [0.4, 0.5) is 5.69 Å². The Kier molecular flexibility index (Phi) is 7.64. The van der Waals surface area contributed by atoms with E-state index < -0.39 is 14.9 Å². The monoisotopic (exact) mass is 453 g/mol. The molecule has 0 unspecified atom stereocenters. The molecular formula is C19H23N3O8S. The molecule has 0 aliphatic rings. The molecule has 0 saturated carbocycles. The van der Waals surface area contributed by atoms with Gasteiger partial charge in [0, 0.05) is 17.7 Å². The second kappa shape index (κ2) is 9.98. The summed E-state index contributed by atoms with van der Waals surface area (Å²) in [4.78, 5) is 12.7. The van der Waals surface area contributed by atoms with Crippen LogP contribution in [0.5, 0.6) is 23.0 Å². The number of hydrogen-bond donors (Lipinski definition) is 1.